The Labute approximate surface area is 110 Å². The minimum absolute atomic E-state index is 0.0510. The third-order valence-corrected chi connectivity index (χ3v) is 3.13. The van der Waals surface area contributed by atoms with Gasteiger partial charge in [0.25, 0.3) is 0 Å². The third-order valence-electron chi connectivity index (χ3n) is 3.13. The molecule has 0 saturated carbocycles. The monoisotopic (exact) mass is 253 g/mol. The number of hydrogen-bond donors (Lipinski definition) is 1. The summed E-state index contributed by atoms with van der Waals surface area (Å²) in [4.78, 5) is 0. The summed E-state index contributed by atoms with van der Waals surface area (Å²) >= 11 is 0. The van der Waals surface area contributed by atoms with Crippen molar-refractivity contribution in [1.29, 1.82) is 0 Å². The molecule has 1 rings (SSSR count). The zero-order valence-electron chi connectivity index (χ0n) is 11.8. The fourth-order valence-electron chi connectivity index (χ4n) is 2.15. The Balaban J connectivity index is 2.98. The molecule has 0 aliphatic rings. The van der Waals surface area contributed by atoms with Crippen LogP contribution in [0.5, 0.6) is 0 Å². The number of nitrogens with one attached hydrogen (secondary N) is 1. The molecule has 2 atom stereocenters. The van der Waals surface area contributed by atoms with Gasteiger partial charge in [0.15, 0.2) is 0 Å². The first-order chi connectivity index (χ1) is 8.63. The lowest BCUT2D eigenvalue weighted by Gasteiger charge is -2.27. The summed E-state index contributed by atoms with van der Waals surface area (Å²) in [6.45, 7) is 9.42. The van der Waals surface area contributed by atoms with E-state index in [1.165, 1.54) is 0 Å². The summed E-state index contributed by atoms with van der Waals surface area (Å²) in [5.74, 6) is -0.151. The van der Waals surface area contributed by atoms with Crippen LogP contribution in [0.25, 0.3) is 0 Å². The fraction of sp³-hybridized carbons (Fsp3) is 0.600. The molecule has 0 radical (unpaired) electrons. The lowest BCUT2D eigenvalue weighted by atomic mass is 9.98. The summed E-state index contributed by atoms with van der Waals surface area (Å²) in [6.07, 6.45) is 0.984. The van der Waals surface area contributed by atoms with Crippen LogP contribution in [0.1, 0.15) is 44.4 Å². The molecule has 1 N–H and O–H groups in total. The second-order valence-corrected chi connectivity index (χ2v) is 4.45. The molecule has 0 aliphatic heterocycles. The van der Waals surface area contributed by atoms with Crippen LogP contribution in [0, 0.1) is 12.7 Å². The van der Waals surface area contributed by atoms with Gasteiger partial charge in [-0.05, 0) is 44.0 Å². The van der Waals surface area contributed by atoms with Gasteiger partial charge in [-0.1, -0.05) is 26.0 Å². The van der Waals surface area contributed by atoms with Crippen LogP contribution >= 0.6 is 0 Å². The SMILES string of the molecule is CCNC(c1ccc(C)c(F)c1)C(CC)OCC. The van der Waals surface area contributed by atoms with Crippen LogP contribution in [0.4, 0.5) is 4.39 Å². The molecule has 2 nitrogen and oxygen atoms in total. The zero-order chi connectivity index (χ0) is 13.5. The molecule has 0 aromatic heterocycles. The highest BCUT2D eigenvalue weighted by Crippen LogP contribution is 2.23. The van der Waals surface area contributed by atoms with Gasteiger partial charge in [0.1, 0.15) is 5.82 Å². The Morgan fingerprint density at radius 2 is 2.00 bits per heavy atom. The van der Waals surface area contributed by atoms with Crippen LogP contribution in [0.15, 0.2) is 18.2 Å². The molecule has 3 heteroatoms. The average molecular weight is 253 g/mol. The highest BCUT2D eigenvalue weighted by atomic mass is 19.1. The van der Waals surface area contributed by atoms with E-state index in [9.17, 15) is 4.39 Å². The van der Waals surface area contributed by atoms with Crippen LogP contribution in [0.3, 0.4) is 0 Å². The number of rotatable bonds is 7. The number of hydrogen-bond acceptors (Lipinski definition) is 2. The molecule has 0 heterocycles. The van der Waals surface area contributed by atoms with Crippen molar-refractivity contribution in [2.24, 2.45) is 0 Å². The summed E-state index contributed by atoms with van der Waals surface area (Å²) in [5.41, 5.74) is 1.64. The van der Waals surface area contributed by atoms with E-state index < -0.39 is 0 Å². The quantitative estimate of drug-likeness (QED) is 0.801. The van der Waals surface area contributed by atoms with Gasteiger partial charge in [0.2, 0.25) is 0 Å². The highest BCUT2D eigenvalue weighted by Gasteiger charge is 2.21. The van der Waals surface area contributed by atoms with Crippen LogP contribution in [0.2, 0.25) is 0 Å². The van der Waals surface area contributed by atoms with Crippen molar-refractivity contribution in [2.45, 2.75) is 46.3 Å². The van der Waals surface area contributed by atoms with Crippen molar-refractivity contribution in [3.63, 3.8) is 0 Å². The van der Waals surface area contributed by atoms with Gasteiger partial charge in [-0.15, -0.1) is 0 Å². The summed E-state index contributed by atoms with van der Waals surface area (Å²) in [6, 6.07) is 5.47. The molecular formula is C15H24FNO. The Hall–Kier alpha value is -0.930. The van der Waals surface area contributed by atoms with E-state index in [0.717, 1.165) is 18.5 Å². The van der Waals surface area contributed by atoms with Crippen LogP contribution in [-0.2, 0) is 4.74 Å². The first-order valence-electron chi connectivity index (χ1n) is 6.75. The molecule has 0 fully saturated rings. The van der Waals surface area contributed by atoms with E-state index in [1.807, 2.05) is 19.1 Å². The molecule has 1 aromatic rings. The predicted molar refractivity (Wildman–Crippen MR) is 73.3 cm³/mol. The second kappa shape index (κ2) is 7.49. The van der Waals surface area contributed by atoms with Crippen molar-refractivity contribution < 1.29 is 9.13 Å². The number of likely N-dealkylation sites (N-methyl/N-ethyl adjacent to an activating group) is 1. The summed E-state index contributed by atoms with van der Waals surface area (Å²) in [5, 5.41) is 3.39. The van der Waals surface area contributed by atoms with Gasteiger partial charge >= 0.3 is 0 Å². The molecule has 2 unspecified atom stereocenters. The van der Waals surface area contributed by atoms with Crippen molar-refractivity contribution >= 4 is 0 Å². The second-order valence-electron chi connectivity index (χ2n) is 4.45. The van der Waals surface area contributed by atoms with E-state index in [1.54, 1.807) is 13.0 Å². The smallest absolute Gasteiger partial charge is 0.126 e. The maximum atomic E-state index is 13.7. The van der Waals surface area contributed by atoms with Crippen molar-refractivity contribution in [1.82, 2.24) is 5.32 Å². The van der Waals surface area contributed by atoms with Crippen molar-refractivity contribution in [3.8, 4) is 0 Å². The van der Waals surface area contributed by atoms with Gasteiger partial charge in [-0.3, -0.25) is 0 Å². The van der Waals surface area contributed by atoms with E-state index >= 15 is 0 Å². The zero-order valence-corrected chi connectivity index (χ0v) is 11.8. The largest absolute Gasteiger partial charge is 0.377 e. The molecule has 1 aromatic carbocycles. The maximum absolute atomic E-state index is 13.7. The van der Waals surface area contributed by atoms with E-state index in [-0.39, 0.29) is 18.0 Å². The lowest BCUT2D eigenvalue weighted by Crippen LogP contribution is -2.33. The molecule has 0 spiro atoms. The van der Waals surface area contributed by atoms with Gasteiger partial charge in [-0.25, -0.2) is 4.39 Å². The summed E-state index contributed by atoms with van der Waals surface area (Å²) < 4.78 is 19.4. The normalized spacial score (nSPS) is 14.5. The lowest BCUT2D eigenvalue weighted by molar-refractivity contribution is 0.0317. The molecule has 0 bridgehead atoms. The Morgan fingerprint density at radius 1 is 1.28 bits per heavy atom. The number of benzene rings is 1. The molecule has 18 heavy (non-hydrogen) atoms. The first-order valence-corrected chi connectivity index (χ1v) is 6.75. The Kier molecular flexibility index (Phi) is 6.30. The van der Waals surface area contributed by atoms with Gasteiger partial charge in [-0.2, -0.15) is 0 Å². The topological polar surface area (TPSA) is 21.3 Å². The average Bonchev–Trinajstić information content (AvgIpc) is 2.37. The number of ether oxygens (including phenoxy) is 1. The third kappa shape index (κ3) is 3.79. The van der Waals surface area contributed by atoms with Crippen molar-refractivity contribution in [3.05, 3.63) is 35.1 Å². The fourth-order valence-corrected chi connectivity index (χ4v) is 2.15. The minimum atomic E-state index is -0.151. The Morgan fingerprint density at radius 3 is 2.50 bits per heavy atom. The van der Waals surface area contributed by atoms with Gasteiger partial charge in [0, 0.05) is 6.61 Å². The standard InChI is InChI=1S/C15H24FNO/c1-5-14(18-7-3)15(17-6-2)12-9-8-11(4)13(16)10-12/h8-10,14-15,17H,5-7H2,1-4H3. The highest BCUT2D eigenvalue weighted by molar-refractivity contribution is 5.26. The molecule has 102 valence electrons. The molecule has 0 aliphatic carbocycles. The first kappa shape index (κ1) is 15.1. The van der Waals surface area contributed by atoms with Gasteiger partial charge in [0.05, 0.1) is 12.1 Å². The van der Waals surface area contributed by atoms with E-state index in [0.29, 0.717) is 12.2 Å². The van der Waals surface area contributed by atoms with E-state index in [2.05, 4.69) is 19.2 Å². The predicted octanol–water partition coefficient (Wildman–Crippen LogP) is 3.60. The molecule has 0 saturated heterocycles. The van der Waals surface area contributed by atoms with Crippen LogP contribution < -0.4 is 5.32 Å². The molecular weight excluding hydrogens is 229 g/mol. The van der Waals surface area contributed by atoms with Gasteiger partial charge < -0.3 is 10.1 Å². The van der Waals surface area contributed by atoms with Crippen LogP contribution in [-0.4, -0.2) is 19.3 Å². The Bertz CT molecular complexity index is 368. The van der Waals surface area contributed by atoms with Crippen molar-refractivity contribution in [2.75, 3.05) is 13.2 Å². The molecule has 0 amide bonds. The number of halogens is 1. The maximum Gasteiger partial charge on any atom is 0.126 e. The van der Waals surface area contributed by atoms with E-state index in [4.69, 9.17) is 4.74 Å². The minimum Gasteiger partial charge on any atom is -0.377 e. The summed E-state index contributed by atoms with van der Waals surface area (Å²) in [7, 11) is 0. The number of aryl methyl sites for hydroxylation is 1.